The normalized spacial score (nSPS) is 22.3. The average Bonchev–Trinajstić information content (AvgIpc) is 2.24. The minimum absolute atomic E-state index is 0.0528. The average molecular weight is 291 g/mol. The number of likely N-dealkylation sites (N-methyl/N-ethyl adjacent to an activating group) is 1. The number of carbonyl (C=O) groups is 1. The van der Waals surface area contributed by atoms with Crippen molar-refractivity contribution in [1.29, 1.82) is 0 Å². The fraction of sp³-hybridized carbons (Fsp3) is 0.917. The lowest BCUT2D eigenvalue weighted by Gasteiger charge is -2.36. The maximum atomic E-state index is 12.5. The van der Waals surface area contributed by atoms with Crippen molar-refractivity contribution in [3.05, 3.63) is 0 Å². The molecule has 1 aliphatic rings. The number of hydrogen-bond donors (Lipinski definition) is 1. The van der Waals surface area contributed by atoms with Gasteiger partial charge in [0.2, 0.25) is 15.9 Å². The van der Waals surface area contributed by atoms with Crippen LogP contribution in [0.4, 0.5) is 0 Å². The molecule has 1 saturated heterocycles. The van der Waals surface area contributed by atoms with Crippen LogP contribution in [0, 0.1) is 5.41 Å². The summed E-state index contributed by atoms with van der Waals surface area (Å²) in [6.45, 7) is 6.96. The quantitative estimate of drug-likeness (QED) is 0.777. The van der Waals surface area contributed by atoms with Gasteiger partial charge in [0.15, 0.2) is 0 Å². The molecule has 19 heavy (non-hydrogen) atoms. The SMILES string of the molecule is CN(C)C(=O)C1CNCCN1S(=O)(=O)CC(C)(C)C. The molecular weight excluding hydrogens is 266 g/mol. The topological polar surface area (TPSA) is 69.7 Å². The summed E-state index contributed by atoms with van der Waals surface area (Å²) in [5, 5.41) is 3.08. The predicted octanol–water partition coefficient (Wildman–Crippen LogP) is -0.276. The zero-order valence-corrected chi connectivity index (χ0v) is 13.2. The van der Waals surface area contributed by atoms with Crippen LogP contribution in [0.5, 0.6) is 0 Å². The molecule has 0 aliphatic carbocycles. The molecule has 1 rings (SSSR count). The maximum absolute atomic E-state index is 12.5. The molecule has 1 unspecified atom stereocenters. The van der Waals surface area contributed by atoms with Gasteiger partial charge in [-0.25, -0.2) is 8.42 Å². The Bertz CT molecular complexity index is 426. The van der Waals surface area contributed by atoms with Gasteiger partial charge in [-0.15, -0.1) is 0 Å². The molecule has 1 aliphatic heterocycles. The Kier molecular flexibility index (Phi) is 4.97. The fourth-order valence-electron chi connectivity index (χ4n) is 2.16. The molecule has 1 fully saturated rings. The van der Waals surface area contributed by atoms with Crippen LogP contribution in [-0.4, -0.2) is 69.1 Å². The van der Waals surface area contributed by atoms with Crippen molar-refractivity contribution in [2.24, 2.45) is 5.41 Å². The lowest BCUT2D eigenvalue weighted by Crippen LogP contribution is -2.60. The van der Waals surface area contributed by atoms with Gasteiger partial charge in [-0.3, -0.25) is 4.79 Å². The highest BCUT2D eigenvalue weighted by atomic mass is 32.2. The molecule has 7 heteroatoms. The number of rotatable bonds is 3. The molecule has 0 radical (unpaired) electrons. The summed E-state index contributed by atoms with van der Waals surface area (Å²) in [5.41, 5.74) is -0.324. The molecule has 0 saturated carbocycles. The first kappa shape index (κ1) is 16.4. The molecule has 0 bridgehead atoms. The van der Waals surface area contributed by atoms with Crippen LogP contribution in [0.1, 0.15) is 20.8 Å². The van der Waals surface area contributed by atoms with Crippen LogP contribution < -0.4 is 5.32 Å². The number of nitrogens with zero attached hydrogens (tertiary/aromatic N) is 2. The summed E-state index contributed by atoms with van der Waals surface area (Å²) in [7, 11) is -0.134. The molecule has 112 valence electrons. The third-order valence-corrected chi connectivity index (χ3v) is 5.28. The van der Waals surface area contributed by atoms with Gasteiger partial charge in [-0.05, 0) is 5.41 Å². The summed E-state index contributed by atoms with van der Waals surface area (Å²) in [6.07, 6.45) is 0. The van der Waals surface area contributed by atoms with E-state index in [0.717, 1.165) is 0 Å². The molecule has 1 N–H and O–H groups in total. The van der Waals surface area contributed by atoms with Crippen molar-refractivity contribution >= 4 is 15.9 Å². The zero-order chi connectivity index (χ0) is 14.8. The van der Waals surface area contributed by atoms with Gasteiger partial charge in [0.25, 0.3) is 0 Å². The van der Waals surface area contributed by atoms with Crippen molar-refractivity contribution in [3.8, 4) is 0 Å². The van der Waals surface area contributed by atoms with Crippen LogP contribution in [0.2, 0.25) is 0 Å². The number of carbonyl (C=O) groups excluding carboxylic acids is 1. The molecular formula is C12H25N3O3S. The van der Waals surface area contributed by atoms with Crippen molar-refractivity contribution in [2.45, 2.75) is 26.8 Å². The number of sulfonamides is 1. The third-order valence-electron chi connectivity index (χ3n) is 2.89. The Labute approximate surface area is 116 Å². The van der Waals surface area contributed by atoms with Crippen molar-refractivity contribution in [3.63, 3.8) is 0 Å². The Hall–Kier alpha value is -0.660. The summed E-state index contributed by atoms with van der Waals surface area (Å²) >= 11 is 0. The van der Waals surface area contributed by atoms with E-state index in [-0.39, 0.29) is 17.1 Å². The Morgan fingerprint density at radius 2 is 1.95 bits per heavy atom. The van der Waals surface area contributed by atoms with Gasteiger partial charge >= 0.3 is 0 Å². The monoisotopic (exact) mass is 291 g/mol. The molecule has 1 heterocycles. The summed E-state index contributed by atoms with van der Waals surface area (Å²) in [4.78, 5) is 13.5. The highest BCUT2D eigenvalue weighted by molar-refractivity contribution is 7.89. The highest BCUT2D eigenvalue weighted by Gasteiger charge is 2.38. The van der Waals surface area contributed by atoms with E-state index < -0.39 is 16.1 Å². The highest BCUT2D eigenvalue weighted by Crippen LogP contribution is 2.21. The lowest BCUT2D eigenvalue weighted by atomic mass is 10.0. The van der Waals surface area contributed by atoms with E-state index in [0.29, 0.717) is 19.6 Å². The van der Waals surface area contributed by atoms with Crippen LogP contribution in [0.15, 0.2) is 0 Å². The minimum Gasteiger partial charge on any atom is -0.347 e. The van der Waals surface area contributed by atoms with E-state index in [1.807, 2.05) is 20.8 Å². The third kappa shape index (κ3) is 4.43. The van der Waals surface area contributed by atoms with Gasteiger partial charge in [0, 0.05) is 33.7 Å². The molecule has 1 atom stereocenters. The Balaban J connectivity index is 2.97. The second kappa shape index (κ2) is 5.76. The molecule has 1 amide bonds. The number of nitrogens with one attached hydrogen (secondary N) is 1. The first-order valence-corrected chi connectivity index (χ1v) is 8.07. The molecule has 6 nitrogen and oxygen atoms in total. The van der Waals surface area contributed by atoms with Gasteiger partial charge in [0.1, 0.15) is 6.04 Å². The standard InChI is InChI=1S/C12H25N3O3S/c1-12(2,3)9-19(17,18)15-7-6-13-8-10(15)11(16)14(4)5/h10,13H,6-9H2,1-5H3. The van der Waals surface area contributed by atoms with E-state index in [4.69, 9.17) is 0 Å². The lowest BCUT2D eigenvalue weighted by molar-refractivity contribution is -0.133. The smallest absolute Gasteiger partial charge is 0.241 e. The Morgan fingerprint density at radius 3 is 2.42 bits per heavy atom. The molecule has 0 spiro atoms. The van der Waals surface area contributed by atoms with Crippen molar-refractivity contribution in [1.82, 2.24) is 14.5 Å². The minimum atomic E-state index is -3.42. The summed E-state index contributed by atoms with van der Waals surface area (Å²) < 4.78 is 26.3. The van der Waals surface area contributed by atoms with E-state index in [1.165, 1.54) is 9.21 Å². The van der Waals surface area contributed by atoms with E-state index in [9.17, 15) is 13.2 Å². The second-order valence-electron chi connectivity index (χ2n) is 6.38. The second-order valence-corrected chi connectivity index (χ2v) is 8.30. The summed E-state index contributed by atoms with van der Waals surface area (Å²) in [5.74, 6) is -0.123. The van der Waals surface area contributed by atoms with Gasteiger partial charge in [0.05, 0.1) is 5.75 Å². The van der Waals surface area contributed by atoms with Crippen LogP contribution in [-0.2, 0) is 14.8 Å². The number of amides is 1. The van der Waals surface area contributed by atoms with Gasteiger partial charge < -0.3 is 10.2 Å². The molecule has 0 aromatic carbocycles. The maximum Gasteiger partial charge on any atom is 0.241 e. The largest absolute Gasteiger partial charge is 0.347 e. The van der Waals surface area contributed by atoms with Gasteiger partial charge in [-0.2, -0.15) is 4.31 Å². The number of hydrogen-bond acceptors (Lipinski definition) is 4. The predicted molar refractivity (Wildman–Crippen MR) is 75.3 cm³/mol. The fourth-order valence-corrected chi connectivity index (χ4v) is 4.34. The summed E-state index contributed by atoms with van der Waals surface area (Å²) in [6, 6.07) is -0.629. The Morgan fingerprint density at radius 1 is 1.37 bits per heavy atom. The van der Waals surface area contributed by atoms with Crippen molar-refractivity contribution in [2.75, 3.05) is 39.5 Å². The molecule has 0 aromatic heterocycles. The van der Waals surface area contributed by atoms with E-state index >= 15 is 0 Å². The van der Waals surface area contributed by atoms with Gasteiger partial charge in [-0.1, -0.05) is 20.8 Å². The van der Waals surface area contributed by atoms with E-state index in [2.05, 4.69) is 5.32 Å². The first-order valence-electron chi connectivity index (χ1n) is 6.46. The van der Waals surface area contributed by atoms with Crippen LogP contribution in [0.3, 0.4) is 0 Å². The molecule has 0 aromatic rings. The van der Waals surface area contributed by atoms with E-state index in [1.54, 1.807) is 14.1 Å². The van der Waals surface area contributed by atoms with Crippen molar-refractivity contribution < 1.29 is 13.2 Å². The zero-order valence-electron chi connectivity index (χ0n) is 12.4. The van der Waals surface area contributed by atoms with Crippen LogP contribution in [0.25, 0.3) is 0 Å². The first-order chi connectivity index (χ1) is 8.54. The van der Waals surface area contributed by atoms with Crippen LogP contribution >= 0.6 is 0 Å². The number of piperazine rings is 1.